The van der Waals surface area contributed by atoms with Crippen molar-refractivity contribution in [1.82, 2.24) is 25.0 Å². The minimum atomic E-state index is -0.326. The Morgan fingerprint density at radius 3 is 2.49 bits per heavy atom. The van der Waals surface area contributed by atoms with Crippen molar-refractivity contribution < 1.29 is 19.0 Å². The fourth-order valence-electron chi connectivity index (χ4n) is 4.49. The van der Waals surface area contributed by atoms with Gasteiger partial charge in [-0.15, -0.1) is 5.10 Å². The number of hydrogen-bond acceptors (Lipinski definition) is 8. The molecule has 10 nitrogen and oxygen atoms in total. The molecule has 0 bridgehead atoms. The molecule has 1 aliphatic rings. The molecule has 0 saturated carbocycles. The minimum absolute atomic E-state index is 0.160. The predicted octanol–water partition coefficient (Wildman–Crippen LogP) is 3.53. The van der Waals surface area contributed by atoms with E-state index in [4.69, 9.17) is 14.2 Å². The topological polar surface area (TPSA) is 113 Å². The number of nitrogens with one attached hydrogen (secondary N) is 1. The second-order valence-electron chi connectivity index (χ2n) is 8.00. The highest BCUT2D eigenvalue weighted by atomic mass is 16.5. The largest absolute Gasteiger partial charge is 0.493 e. The summed E-state index contributed by atoms with van der Waals surface area (Å²) in [6, 6.07) is 13.4. The Bertz CT molecular complexity index is 1400. The van der Waals surface area contributed by atoms with Gasteiger partial charge in [0.1, 0.15) is 5.82 Å². The van der Waals surface area contributed by atoms with E-state index < -0.39 is 0 Å². The van der Waals surface area contributed by atoms with E-state index in [0.29, 0.717) is 28.8 Å². The van der Waals surface area contributed by atoms with Crippen LogP contribution >= 0.6 is 0 Å². The number of methoxy groups -OCH3 is 3. The van der Waals surface area contributed by atoms with Gasteiger partial charge in [0, 0.05) is 29.0 Å². The van der Waals surface area contributed by atoms with E-state index in [1.165, 1.54) is 4.68 Å². The molecule has 1 amide bonds. The summed E-state index contributed by atoms with van der Waals surface area (Å²) in [6.45, 7) is 1.89. The van der Waals surface area contributed by atoms with E-state index in [1.54, 1.807) is 33.6 Å². The second-order valence-corrected chi connectivity index (χ2v) is 8.00. The lowest BCUT2D eigenvalue weighted by Crippen LogP contribution is -2.25. The number of aromatic nitrogens is 5. The number of rotatable bonds is 6. The number of fused-ring (bicyclic) bond motifs is 1. The molecule has 1 atom stereocenters. The monoisotopic (exact) mass is 472 g/mol. The van der Waals surface area contributed by atoms with E-state index in [0.717, 1.165) is 22.4 Å². The Morgan fingerprint density at radius 1 is 1.00 bits per heavy atom. The first-order chi connectivity index (χ1) is 17.0. The van der Waals surface area contributed by atoms with Crippen molar-refractivity contribution in [1.29, 1.82) is 0 Å². The van der Waals surface area contributed by atoms with Gasteiger partial charge in [0.25, 0.3) is 5.95 Å². The Kier molecular flexibility index (Phi) is 5.77. The predicted molar refractivity (Wildman–Crippen MR) is 128 cm³/mol. The molecule has 5 rings (SSSR count). The Labute approximate surface area is 201 Å². The highest BCUT2D eigenvalue weighted by Gasteiger charge is 2.36. The molecule has 4 aromatic rings. The number of ether oxygens (including phenoxy) is 3. The number of amides is 1. The molecule has 1 unspecified atom stereocenters. The van der Waals surface area contributed by atoms with Crippen LogP contribution in [-0.2, 0) is 4.79 Å². The van der Waals surface area contributed by atoms with Crippen LogP contribution in [0.1, 0.15) is 29.2 Å². The lowest BCUT2D eigenvalue weighted by molar-refractivity contribution is -0.116. The number of nitrogens with zero attached hydrogens (tertiary/aromatic N) is 5. The molecular formula is C25H24N6O4. The molecule has 1 N–H and O–H groups in total. The Balaban J connectivity index is 1.65. The van der Waals surface area contributed by atoms with Crippen LogP contribution in [0.2, 0.25) is 0 Å². The third-order valence-corrected chi connectivity index (χ3v) is 6.02. The number of carbonyl (C=O) groups is 1. The summed E-state index contributed by atoms with van der Waals surface area (Å²) in [6.07, 6.45) is 1.81. The van der Waals surface area contributed by atoms with Crippen LogP contribution in [0.15, 0.2) is 48.7 Å². The summed E-state index contributed by atoms with van der Waals surface area (Å²) in [4.78, 5) is 17.5. The third-order valence-electron chi connectivity index (χ3n) is 6.02. The summed E-state index contributed by atoms with van der Waals surface area (Å²) < 4.78 is 18.2. The van der Waals surface area contributed by atoms with E-state index in [-0.39, 0.29) is 24.2 Å². The molecule has 178 valence electrons. The van der Waals surface area contributed by atoms with Crippen LogP contribution in [0.5, 0.6) is 17.2 Å². The van der Waals surface area contributed by atoms with Crippen molar-refractivity contribution in [3.8, 4) is 34.5 Å². The molecule has 3 heterocycles. The van der Waals surface area contributed by atoms with Gasteiger partial charge in [-0.1, -0.05) is 36.4 Å². The maximum atomic E-state index is 12.9. The van der Waals surface area contributed by atoms with Crippen molar-refractivity contribution in [3.63, 3.8) is 0 Å². The summed E-state index contributed by atoms with van der Waals surface area (Å²) in [5.74, 6) is 1.80. The highest BCUT2D eigenvalue weighted by Crippen LogP contribution is 2.48. The normalized spacial score (nSPS) is 14.7. The quantitative estimate of drug-likeness (QED) is 0.453. The van der Waals surface area contributed by atoms with Crippen molar-refractivity contribution >= 4 is 11.7 Å². The van der Waals surface area contributed by atoms with Gasteiger partial charge in [-0.3, -0.25) is 4.79 Å². The number of carbonyl (C=O) groups excluding carboxylic acids is 1. The SMILES string of the molecule is COc1ccc(C2CC(=O)Nc3c2c(C)nn3-c2nncc(-c3ccccc3)n2)c(OC)c1OC. The molecule has 0 radical (unpaired) electrons. The summed E-state index contributed by atoms with van der Waals surface area (Å²) in [5, 5.41) is 15.9. The van der Waals surface area contributed by atoms with E-state index in [9.17, 15) is 4.79 Å². The molecule has 2 aromatic heterocycles. The Hall–Kier alpha value is -4.47. The smallest absolute Gasteiger partial charge is 0.272 e. The lowest BCUT2D eigenvalue weighted by atomic mass is 9.85. The fraction of sp³-hybridized carbons (Fsp3) is 0.240. The van der Waals surface area contributed by atoms with Gasteiger partial charge < -0.3 is 19.5 Å². The zero-order valence-corrected chi connectivity index (χ0v) is 19.8. The molecule has 10 heteroatoms. The van der Waals surface area contributed by atoms with Crippen LogP contribution in [0.3, 0.4) is 0 Å². The molecular weight excluding hydrogens is 448 g/mol. The lowest BCUT2D eigenvalue weighted by Gasteiger charge is -2.26. The van der Waals surface area contributed by atoms with Crippen LogP contribution in [0, 0.1) is 6.92 Å². The molecule has 0 spiro atoms. The summed E-state index contributed by atoms with van der Waals surface area (Å²) in [7, 11) is 4.68. The standard InChI is InChI=1S/C25H24N6O4/c1-14-21-17(16-10-11-19(33-2)23(35-4)22(16)34-3)12-20(32)28-24(21)31(30-14)25-27-18(13-26-29-25)15-8-6-5-7-9-15/h5-11,13,17H,12H2,1-4H3,(H,28,32). The van der Waals surface area contributed by atoms with Crippen LogP contribution < -0.4 is 19.5 Å². The number of benzene rings is 2. The number of anilines is 1. The van der Waals surface area contributed by atoms with Crippen molar-refractivity contribution in [2.45, 2.75) is 19.3 Å². The number of aryl methyl sites for hydroxylation is 1. The van der Waals surface area contributed by atoms with Crippen molar-refractivity contribution in [3.05, 3.63) is 65.5 Å². The van der Waals surface area contributed by atoms with Gasteiger partial charge in [-0.25, -0.2) is 4.98 Å². The van der Waals surface area contributed by atoms with Crippen molar-refractivity contribution in [2.75, 3.05) is 26.6 Å². The molecule has 35 heavy (non-hydrogen) atoms. The van der Waals surface area contributed by atoms with Crippen LogP contribution in [0.25, 0.3) is 17.2 Å². The third kappa shape index (κ3) is 3.82. The van der Waals surface area contributed by atoms with E-state index >= 15 is 0 Å². The van der Waals surface area contributed by atoms with Crippen LogP contribution in [-0.4, -0.2) is 52.2 Å². The average molecular weight is 473 g/mol. The van der Waals surface area contributed by atoms with E-state index in [2.05, 4.69) is 25.6 Å². The average Bonchev–Trinajstić information content (AvgIpc) is 3.23. The maximum absolute atomic E-state index is 12.9. The summed E-state index contributed by atoms with van der Waals surface area (Å²) in [5.41, 5.74) is 3.93. The summed E-state index contributed by atoms with van der Waals surface area (Å²) >= 11 is 0. The Morgan fingerprint density at radius 2 is 1.77 bits per heavy atom. The molecule has 0 aliphatic carbocycles. The number of hydrogen-bond donors (Lipinski definition) is 1. The van der Waals surface area contributed by atoms with Crippen LogP contribution in [0.4, 0.5) is 5.82 Å². The minimum Gasteiger partial charge on any atom is -0.493 e. The highest BCUT2D eigenvalue weighted by molar-refractivity contribution is 5.95. The fourth-order valence-corrected chi connectivity index (χ4v) is 4.49. The molecule has 2 aromatic carbocycles. The van der Waals surface area contributed by atoms with Gasteiger partial charge in [-0.2, -0.15) is 14.9 Å². The molecule has 1 aliphatic heterocycles. The maximum Gasteiger partial charge on any atom is 0.272 e. The molecule has 0 fully saturated rings. The van der Waals surface area contributed by atoms with Crippen molar-refractivity contribution in [2.24, 2.45) is 0 Å². The van der Waals surface area contributed by atoms with Gasteiger partial charge in [-0.05, 0) is 13.0 Å². The van der Waals surface area contributed by atoms with E-state index in [1.807, 2.05) is 43.3 Å². The van der Waals surface area contributed by atoms with Gasteiger partial charge in [0.05, 0.1) is 38.9 Å². The zero-order valence-electron chi connectivity index (χ0n) is 19.8. The first-order valence-electron chi connectivity index (χ1n) is 11.0. The first kappa shape index (κ1) is 22.3. The van der Waals surface area contributed by atoms with Gasteiger partial charge in [0.15, 0.2) is 11.5 Å². The zero-order chi connectivity index (χ0) is 24.5. The first-order valence-corrected chi connectivity index (χ1v) is 11.0. The second kappa shape index (κ2) is 9.05. The van der Waals surface area contributed by atoms with Gasteiger partial charge in [0.2, 0.25) is 11.7 Å². The molecule has 0 saturated heterocycles. The van der Waals surface area contributed by atoms with Gasteiger partial charge >= 0.3 is 0 Å².